The molecule has 0 bridgehead atoms. The molecule has 0 saturated heterocycles. The van der Waals surface area contributed by atoms with Crippen LogP contribution in [0.5, 0.6) is 0 Å². The van der Waals surface area contributed by atoms with Crippen molar-refractivity contribution in [3.63, 3.8) is 0 Å². The summed E-state index contributed by atoms with van der Waals surface area (Å²) in [5.41, 5.74) is 0.722. The van der Waals surface area contributed by atoms with Crippen LogP contribution in [0, 0.1) is 5.92 Å². The number of para-hydroxylation sites is 1. The van der Waals surface area contributed by atoms with Crippen molar-refractivity contribution in [2.45, 2.75) is 31.7 Å². The lowest BCUT2D eigenvalue weighted by Gasteiger charge is -2.30. The lowest BCUT2D eigenvalue weighted by Crippen LogP contribution is -2.43. The minimum absolute atomic E-state index is 0.0504. The molecule has 2 N–H and O–H groups in total. The summed E-state index contributed by atoms with van der Waals surface area (Å²) < 4.78 is 5.57. The molecule has 0 radical (unpaired) electrons. The summed E-state index contributed by atoms with van der Waals surface area (Å²) in [7, 11) is 0. The Morgan fingerprint density at radius 1 is 1.30 bits per heavy atom. The molecule has 4 heteroatoms. The third-order valence-electron chi connectivity index (χ3n) is 4.11. The second kappa shape index (κ2) is 5.67. The second-order valence-corrected chi connectivity index (χ2v) is 5.46. The average molecular weight is 273 g/mol. The van der Waals surface area contributed by atoms with Crippen LogP contribution in [0.25, 0.3) is 11.0 Å². The predicted octanol–water partition coefficient (Wildman–Crippen LogP) is 2.71. The first-order valence-corrected chi connectivity index (χ1v) is 7.18. The summed E-state index contributed by atoms with van der Waals surface area (Å²) in [6.07, 6.45) is 4.13. The number of carbonyl (C=O) groups excluding carboxylic acids is 1. The molecule has 1 aliphatic rings. The molecule has 2 unspecified atom stereocenters. The van der Waals surface area contributed by atoms with Gasteiger partial charge in [-0.15, -0.1) is 0 Å². The van der Waals surface area contributed by atoms with E-state index >= 15 is 0 Å². The molecule has 1 amide bonds. The summed E-state index contributed by atoms with van der Waals surface area (Å²) in [5.74, 6) is 0.317. The maximum absolute atomic E-state index is 12.3. The predicted molar refractivity (Wildman–Crippen MR) is 76.5 cm³/mol. The van der Waals surface area contributed by atoms with Crippen LogP contribution in [-0.4, -0.2) is 23.7 Å². The summed E-state index contributed by atoms with van der Waals surface area (Å²) in [5, 5.41) is 13.3. The standard InChI is InChI=1S/C16H19NO3/c18-10-12-6-1-3-7-13(12)17-16(19)15-9-11-5-2-4-8-14(11)20-15/h2,4-5,8-9,12-13,18H,1,3,6-7,10H2,(H,17,19). The molecule has 1 aromatic heterocycles. The Morgan fingerprint density at radius 3 is 2.90 bits per heavy atom. The topological polar surface area (TPSA) is 62.5 Å². The van der Waals surface area contributed by atoms with Gasteiger partial charge in [-0.05, 0) is 25.0 Å². The summed E-state index contributed by atoms with van der Waals surface area (Å²) in [4.78, 5) is 12.3. The molecule has 3 rings (SSSR count). The minimum Gasteiger partial charge on any atom is -0.451 e. The van der Waals surface area contributed by atoms with Crippen LogP contribution in [0.2, 0.25) is 0 Å². The van der Waals surface area contributed by atoms with Gasteiger partial charge in [-0.3, -0.25) is 4.79 Å². The van der Waals surface area contributed by atoms with Gasteiger partial charge in [-0.2, -0.15) is 0 Å². The fraction of sp³-hybridized carbons (Fsp3) is 0.438. The van der Waals surface area contributed by atoms with Gasteiger partial charge >= 0.3 is 0 Å². The van der Waals surface area contributed by atoms with Gasteiger partial charge in [0.05, 0.1) is 0 Å². The number of amides is 1. The molecular formula is C16H19NO3. The highest BCUT2D eigenvalue weighted by Crippen LogP contribution is 2.25. The van der Waals surface area contributed by atoms with E-state index in [0.717, 1.165) is 36.7 Å². The molecule has 2 atom stereocenters. The Labute approximate surface area is 117 Å². The van der Waals surface area contributed by atoms with Crippen LogP contribution in [0.3, 0.4) is 0 Å². The molecule has 2 aromatic rings. The number of carbonyl (C=O) groups is 1. The van der Waals surface area contributed by atoms with E-state index in [1.54, 1.807) is 6.07 Å². The van der Waals surface area contributed by atoms with E-state index in [1.807, 2.05) is 24.3 Å². The van der Waals surface area contributed by atoms with Crippen LogP contribution >= 0.6 is 0 Å². The average Bonchev–Trinajstić information content (AvgIpc) is 2.92. The molecule has 106 valence electrons. The van der Waals surface area contributed by atoms with E-state index in [2.05, 4.69) is 5.32 Å². The molecule has 0 aliphatic heterocycles. The number of hydrogen-bond acceptors (Lipinski definition) is 3. The van der Waals surface area contributed by atoms with Crippen molar-refractivity contribution in [3.8, 4) is 0 Å². The number of benzene rings is 1. The van der Waals surface area contributed by atoms with Crippen LogP contribution in [0.15, 0.2) is 34.7 Å². The van der Waals surface area contributed by atoms with Gasteiger partial charge in [0.2, 0.25) is 0 Å². The van der Waals surface area contributed by atoms with Crippen LogP contribution in [0.1, 0.15) is 36.2 Å². The molecule has 1 aromatic carbocycles. The number of rotatable bonds is 3. The normalized spacial score (nSPS) is 22.9. The molecule has 0 spiro atoms. The minimum atomic E-state index is -0.188. The van der Waals surface area contributed by atoms with Crippen molar-refractivity contribution in [1.29, 1.82) is 0 Å². The third kappa shape index (κ3) is 2.56. The SMILES string of the molecule is O=C(NC1CCCCC1CO)c1cc2ccccc2o1. The number of aliphatic hydroxyl groups excluding tert-OH is 1. The maximum Gasteiger partial charge on any atom is 0.287 e. The molecule has 1 saturated carbocycles. The van der Waals surface area contributed by atoms with E-state index in [-0.39, 0.29) is 24.5 Å². The van der Waals surface area contributed by atoms with Crippen molar-refractivity contribution in [2.24, 2.45) is 5.92 Å². The van der Waals surface area contributed by atoms with Crippen LogP contribution in [-0.2, 0) is 0 Å². The Balaban J connectivity index is 1.75. The number of fused-ring (bicyclic) bond motifs is 1. The van der Waals surface area contributed by atoms with E-state index in [1.165, 1.54) is 0 Å². The largest absolute Gasteiger partial charge is 0.451 e. The fourth-order valence-electron chi connectivity index (χ4n) is 2.95. The first kappa shape index (κ1) is 13.2. The molecule has 1 fully saturated rings. The zero-order chi connectivity index (χ0) is 13.9. The summed E-state index contributed by atoms with van der Waals surface area (Å²) in [6, 6.07) is 9.39. The molecule has 1 aliphatic carbocycles. The third-order valence-corrected chi connectivity index (χ3v) is 4.11. The molecule has 20 heavy (non-hydrogen) atoms. The summed E-state index contributed by atoms with van der Waals surface area (Å²) in [6.45, 7) is 0.130. The highest BCUT2D eigenvalue weighted by atomic mass is 16.3. The lowest BCUT2D eigenvalue weighted by molar-refractivity contribution is 0.0847. The second-order valence-electron chi connectivity index (χ2n) is 5.46. The van der Waals surface area contributed by atoms with Crippen LogP contribution in [0.4, 0.5) is 0 Å². The molecular weight excluding hydrogens is 254 g/mol. The monoisotopic (exact) mass is 273 g/mol. The van der Waals surface area contributed by atoms with Gasteiger partial charge in [0.15, 0.2) is 5.76 Å². The Hall–Kier alpha value is -1.81. The number of hydrogen-bond donors (Lipinski definition) is 2. The highest BCUT2D eigenvalue weighted by molar-refractivity contribution is 5.96. The Kier molecular flexibility index (Phi) is 3.74. The Morgan fingerprint density at radius 2 is 2.10 bits per heavy atom. The Bertz CT molecular complexity index is 572. The zero-order valence-electron chi connectivity index (χ0n) is 11.3. The van der Waals surface area contributed by atoms with Gasteiger partial charge in [0, 0.05) is 24.0 Å². The first-order valence-electron chi connectivity index (χ1n) is 7.18. The van der Waals surface area contributed by atoms with E-state index in [4.69, 9.17) is 4.42 Å². The number of aliphatic hydroxyl groups is 1. The first-order chi connectivity index (χ1) is 9.78. The summed E-state index contributed by atoms with van der Waals surface area (Å²) >= 11 is 0. The number of nitrogens with one attached hydrogen (secondary N) is 1. The quantitative estimate of drug-likeness (QED) is 0.903. The molecule has 1 heterocycles. The van der Waals surface area contributed by atoms with Crippen molar-refractivity contribution in [1.82, 2.24) is 5.32 Å². The fourth-order valence-corrected chi connectivity index (χ4v) is 2.95. The van der Waals surface area contributed by atoms with Gasteiger partial charge < -0.3 is 14.8 Å². The van der Waals surface area contributed by atoms with Gasteiger partial charge in [0.1, 0.15) is 5.58 Å². The van der Waals surface area contributed by atoms with E-state index in [9.17, 15) is 9.90 Å². The van der Waals surface area contributed by atoms with E-state index in [0.29, 0.717) is 5.76 Å². The van der Waals surface area contributed by atoms with Gasteiger partial charge in [0.25, 0.3) is 5.91 Å². The smallest absolute Gasteiger partial charge is 0.287 e. The number of furan rings is 1. The molecule has 4 nitrogen and oxygen atoms in total. The van der Waals surface area contributed by atoms with Crippen molar-refractivity contribution in [2.75, 3.05) is 6.61 Å². The highest BCUT2D eigenvalue weighted by Gasteiger charge is 2.27. The van der Waals surface area contributed by atoms with E-state index < -0.39 is 0 Å². The lowest BCUT2D eigenvalue weighted by atomic mass is 9.85. The van der Waals surface area contributed by atoms with Crippen molar-refractivity contribution >= 4 is 16.9 Å². The van der Waals surface area contributed by atoms with Crippen molar-refractivity contribution in [3.05, 3.63) is 36.1 Å². The van der Waals surface area contributed by atoms with Gasteiger partial charge in [-0.1, -0.05) is 31.0 Å². The maximum atomic E-state index is 12.3. The van der Waals surface area contributed by atoms with Crippen LogP contribution < -0.4 is 5.32 Å². The van der Waals surface area contributed by atoms with Crippen molar-refractivity contribution < 1.29 is 14.3 Å². The zero-order valence-corrected chi connectivity index (χ0v) is 11.3. The van der Waals surface area contributed by atoms with Gasteiger partial charge in [-0.25, -0.2) is 0 Å².